The van der Waals surface area contributed by atoms with E-state index in [-0.39, 0.29) is 17.0 Å². The Kier molecular flexibility index (Phi) is 7.64. The molecule has 1 aliphatic heterocycles. The Morgan fingerprint density at radius 2 is 1.76 bits per heavy atom. The maximum Gasteiger partial charge on any atom is 0.479 e. The molecule has 2 aromatic heterocycles. The first-order valence-electron chi connectivity index (χ1n) is 8.38. The number of hydrogen-bond acceptors (Lipinski definition) is 12. The number of hydrogen-bond donors (Lipinski definition) is 7. The molecule has 0 aliphatic carbocycles. The largest absolute Gasteiger partial charge is 0.479 e. The second-order valence-corrected chi connectivity index (χ2v) is 18.1. The number of alkyl halides is 2. The summed E-state index contributed by atoms with van der Waals surface area (Å²) >= 11 is 4.54. The fourth-order valence-electron chi connectivity index (χ4n) is 2.70. The summed E-state index contributed by atoms with van der Waals surface area (Å²) in [6.45, 7) is -0.945. The molecule has 0 radical (unpaired) electrons. The van der Waals surface area contributed by atoms with Crippen LogP contribution in [0.1, 0.15) is 6.23 Å². The normalized spacial score (nSPS) is 28.0. The zero-order valence-corrected chi connectivity index (χ0v) is 21.6. The molecule has 17 nitrogen and oxygen atoms in total. The van der Waals surface area contributed by atoms with Gasteiger partial charge in [0, 0.05) is 0 Å². The average molecular weight is 663 g/mol. The summed E-state index contributed by atoms with van der Waals surface area (Å²) in [5.41, 5.74) is 6.03. The van der Waals surface area contributed by atoms with E-state index >= 15 is 0 Å². The van der Waals surface area contributed by atoms with Crippen molar-refractivity contribution in [3.63, 3.8) is 0 Å². The molecular formula is C11H16Br2N5O12P3. The number of ether oxygens (including phenoxy) is 1. The lowest BCUT2D eigenvalue weighted by atomic mass is 10.1. The number of imidazole rings is 1. The van der Waals surface area contributed by atoms with E-state index in [1.807, 2.05) is 0 Å². The highest BCUT2D eigenvalue weighted by Gasteiger charge is 2.61. The minimum atomic E-state index is -5.57. The molecule has 2 unspecified atom stereocenters. The van der Waals surface area contributed by atoms with Crippen molar-refractivity contribution < 1.29 is 57.1 Å². The predicted molar refractivity (Wildman–Crippen MR) is 115 cm³/mol. The Labute approximate surface area is 200 Å². The molecule has 0 spiro atoms. The van der Waals surface area contributed by atoms with E-state index in [1.54, 1.807) is 0 Å². The van der Waals surface area contributed by atoms with Gasteiger partial charge in [-0.05, 0) is 31.9 Å². The van der Waals surface area contributed by atoms with Gasteiger partial charge in [-0.1, -0.05) is 0 Å². The molecular weight excluding hydrogens is 647 g/mol. The average Bonchev–Trinajstić information content (AvgIpc) is 3.21. The zero-order valence-electron chi connectivity index (χ0n) is 15.8. The standard InChI is InChI=1S/C11H16Br2N5O12P3/c12-11(13,31(21,22)23)32(24,25)30-33(26,27)28-1-4-6(19)7(20)10(29-4)18-3-17-5-8(14)15-2-16-9(5)18/h2-4,6-7,10,19-20H,1H2,(H,24,25)(H,26,27)(H2,14,15,16)(H2,21,22,23)/t4-,6-,7-,10-/m0/s1. The van der Waals surface area contributed by atoms with Crippen LogP contribution in [0, 0.1) is 0 Å². The lowest BCUT2D eigenvalue weighted by molar-refractivity contribution is -0.0501. The van der Waals surface area contributed by atoms with Crippen molar-refractivity contribution in [1.82, 2.24) is 19.5 Å². The molecule has 0 bridgehead atoms. The molecule has 3 rings (SSSR count). The molecule has 33 heavy (non-hydrogen) atoms. The van der Waals surface area contributed by atoms with Gasteiger partial charge in [0.2, 0.25) is 0 Å². The van der Waals surface area contributed by atoms with Crippen molar-refractivity contribution in [2.45, 2.75) is 27.3 Å². The van der Waals surface area contributed by atoms with Crippen LogP contribution in [0.3, 0.4) is 0 Å². The zero-order chi connectivity index (χ0) is 25.0. The number of fused-ring (bicyclic) bond motifs is 1. The molecule has 1 aliphatic rings. The Balaban J connectivity index is 1.72. The molecule has 3 heterocycles. The van der Waals surface area contributed by atoms with E-state index < -0.39 is 56.9 Å². The van der Waals surface area contributed by atoms with E-state index in [2.05, 4.69) is 55.6 Å². The van der Waals surface area contributed by atoms with Crippen molar-refractivity contribution >= 4 is 71.9 Å². The van der Waals surface area contributed by atoms with Crippen LogP contribution >= 0.6 is 54.9 Å². The van der Waals surface area contributed by atoms with E-state index in [4.69, 9.17) is 20.3 Å². The number of rotatable bonds is 8. The number of halogens is 2. The minimum Gasteiger partial charge on any atom is -0.387 e. The molecule has 0 saturated carbocycles. The molecule has 2 aromatic rings. The number of aliphatic hydroxyl groups excluding tert-OH is 2. The Morgan fingerprint density at radius 1 is 1.12 bits per heavy atom. The van der Waals surface area contributed by atoms with Gasteiger partial charge >= 0.3 is 23.0 Å². The summed E-state index contributed by atoms with van der Waals surface area (Å²) in [6.07, 6.45) is -3.68. The lowest BCUT2D eigenvalue weighted by Gasteiger charge is -2.27. The topological polar surface area (TPSA) is 270 Å². The molecule has 8 N–H and O–H groups in total. The second kappa shape index (κ2) is 9.26. The van der Waals surface area contributed by atoms with Crippen LogP contribution in [0.15, 0.2) is 12.7 Å². The van der Waals surface area contributed by atoms with Gasteiger partial charge in [-0.3, -0.25) is 18.2 Å². The van der Waals surface area contributed by atoms with Crippen molar-refractivity contribution in [3.05, 3.63) is 12.7 Å². The Hall–Kier alpha value is -0.360. The molecule has 0 amide bonds. The lowest BCUT2D eigenvalue weighted by Crippen LogP contribution is -2.33. The molecule has 22 heteroatoms. The second-order valence-electron chi connectivity index (χ2n) is 6.55. The van der Waals surface area contributed by atoms with Gasteiger partial charge in [-0.25, -0.2) is 23.8 Å². The van der Waals surface area contributed by atoms with Crippen LogP contribution in [0.5, 0.6) is 0 Å². The van der Waals surface area contributed by atoms with Crippen LogP contribution in [0.2, 0.25) is 0 Å². The van der Waals surface area contributed by atoms with E-state index in [0.717, 1.165) is 6.33 Å². The molecule has 6 atom stereocenters. The first-order valence-corrected chi connectivity index (χ1v) is 14.7. The molecule has 1 fully saturated rings. The SMILES string of the molecule is Nc1ncnc2c1ncn2[C@H]1O[C@@H](COP(=O)(O)OP(=O)(O)C(Br)(Br)P(=O)(O)O)[C@H](O)[C@@H]1O. The molecule has 0 aromatic carbocycles. The summed E-state index contributed by atoms with van der Waals surface area (Å²) < 4.78 is 47.8. The minimum absolute atomic E-state index is 0.0448. The number of anilines is 1. The number of phosphoric acid groups is 1. The fourth-order valence-corrected chi connectivity index (χ4v) is 7.54. The highest BCUT2D eigenvalue weighted by atomic mass is 79.9. The van der Waals surface area contributed by atoms with Crippen molar-refractivity contribution in [1.29, 1.82) is 0 Å². The van der Waals surface area contributed by atoms with Gasteiger partial charge < -0.3 is 40.3 Å². The number of phosphoric ester groups is 1. The monoisotopic (exact) mass is 661 g/mol. The van der Waals surface area contributed by atoms with Crippen LogP contribution in [-0.2, 0) is 27.3 Å². The Bertz CT molecular complexity index is 1190. The third-order valence-corrected chi connectivity index (χ3v) is 14.9. The number of nitrogens with zero attached hydrogens (tertiary/aromatic N) is 4. The first-order chi connectivity index (χ1) is 15.0. The van der Waals surface area contributed by atoms with Crippen LogP contribution in [-0.4, -0.2) is 76.9 Å². The summed E-state index contributed by atoms with van der Waals surface area (Å²) in [4.78, 5) is 49.5. The number of aliphatic hydroxyl groups is 2. The van der Waals surface area contributed by atoms with Gasteiger partial charge in [0.1, 0.15) is 30.2 Å². The quantitative estimate of drug-likeness (QED) is 0.144. The maximum absolute atomic E-state index is 12.2. The smallest absolute Gasteiger partial charge is 0.387 e. The summed E-state index contributed by atoms with van der Waals surface area (Å²) in [7, 11) is -16.4. The fraction of sp³-hybridized carbons (Fsp3) is 0.545. The highest BCUT2D eigenvalue weighted by Crippen LogP contribution is 2.81. The first kappa shape index (κ1) is 27.2. The number of aromatic nitrogens is 4. The van der Waals surface area contributed by atoms with E-state index in [1.165, 1.54) is 10.9 Å². The number of nitrogen functional groups attached to an aromatic ring is 1. The van der Waals surface area contributed by atoms with Crippen LogP contribution in [0.25, 0.3) is 11.2 Å². The third kappa shape index (κ3) is 5.27. The van der Waals surface area contributed by atoms with Gasteiger partial charge in [0.05, 0.1) is 12.9 Å². The van der Waals surface area contributed by atoms with E-state index in [9.17, 15) is 33.7 Å². The van der Waals surface area contributed by atoms with Crippen molar-refractivity contribution in [3.8, 4) is 0 Å². The van der Waals surface area contributed by atoms with Gasteiger partial charge in [0.25, 0.3) is 2.72 Å². The summed E-state index contributed by atoms with van der Waals surface area (Å²) in [5, 5.41) is 20.6. The van der Waals surface area contributed by atoms with Crippen LogP contribution < -0.4 is 5.73 Å². The highest BCUT2D eigenvalue weighted by molar-refractivity contribution is 9.29. The van der Waals surface area contributed by atoms with Gasteiger partial charge in [0.15, 0.2) is 17.7 Å². The Morgan fingerprint density at radius 3 is 2.36 bits per heavy atom. The molecule has 186 valence electrons. The maximum atomic E-state index is 12.2. The number of nitrogens with two attached hydrogens (primary N) is 1. The van der Waals surface area contributed by atoms with Crippen molar-refractivity contribution in [2.75, 3.05) is 12.3 Å². The van der Waals surface area contributed by atoms with Gasteiger partial charge in [-0.2, -0.15) is 0 Å². The van der Waals surface area contributed by atoms with Gasteiger partial charge in [-0.15, -0.1) is 0 Å². The van der Waals surface area contributed by atoms with Crippen molar-refractivity contribution in [2.24, 2.45) is 0 Å². The summed E-state index contributed by atoms with van der Waals surface area (Å²) in [6, 6.07) is 0. The predicted octanol–water partition coefficient (Wildman–Crippen LogP) is -0.0745. The van der Waals surface area contributed by atoms with E-state index in [0.29, 0.717) is 0 Å². The summed E-state index contributed by atoms with van der Waals surface area (Å²) in [5.74, 6) is 0.0448. The third-order valence-electron chi connectivity index (χ3n) is 4.30. The molecule has 1 saturated heterocycles. The van der Waals surface area contributed by atoms with Crippen LogP contribution in [0.4, 0.5) is 5.82 Å².